The van der Waals surface area contributed by atoms with Crippen LogP contribution in [0.15, 0.2) is 0 Å². The van der Waals surface area contributed by atoms with Gasteiger partial charge in [-0.1, -0.05) is 102 Å². The van der Waals surface area contributed by atoms with Crippen LogP contribution in [0.25, 0.3) is 0 Å². The van der Waals surface area contributed by atoms with Gasteiger partial charge in [0.1, 0.15) is 0 Å². The Labute approximate surface area is 126 Å². The van der Waals surface area contributed by atoms with Crippen molar-refractivity contribution in [3.8, 4) is 0 Å². The van der Waals surface area contributed by atoms with Crippen molar-refractivity contribution < 1.29 is 0 Å². The van der Waals surface area contributed by atoms with Gasteiger partial charge in [0.2, 0.25) is 0 Å². The third-order valence-electron chi connectivity index (χ3n) is 6.52. The van der Waals surface area contributed by atoms with E-state index >= 15 is 0 Å². The molecule has 0 aromatic carbocycles. The number of hydrogen-bond donors (Lipinski definition) is 0. The lowest BCUT2D eigenvalue weighted by Gasteiger charge is -2.42. The first-order valence-corrected chi connectivity index (χ1v) is 17.8. The van der Waals surface area contributed by atoms with Gasteiger partial charge in [0.15, 0.2) is 0 Å². The standard InChI is InChI=1S/C16H40Si3/c1-9-17(7,10-2)15-19(13-5,14-6)16-18(8,11-3)12-4/h9-16H2,1-8H3. The van der Waals surface area contributed by atoms with Crippen LogP contribution in [0.4, 0.5) is 0 Å². The molecule has 0 unspecified atom stereocenters. The fourth-order valence-corrected chi connectivity index (χ4v) is 29.2. The first kappa shape index (κ1) is 19.7. The summed E-state index contributed by atoms with van der Waals surface area (Å²) in [6.45, 7) is 20.3. The molecule has 0 saturated heterocycles. The summed E-state index contributed by atoms with van der Waals surface area (Å²) in [5, 5.41) is 0. The molecule has 0 heterocycles. The maximum atomic E-state index is 2.69. The molecule has 0 aliphatic heterocycles. The van der Waals surface area contributed by atoms with Crippen molar-refractivity contribution >= 4 is 24.2 Å². The summed E-state index contributed by atoms with van der Waals surface area (Å²) < 4.78 is 0. The SMILES string of the molecule is CC[Si](C)(CC)C[Si](CC)(CC)C[Si](C)(CC)CC. The molecule has 116 valence electrons. The van der Waals surface area contributed by atoms with Crippen molar-refractivity contribution in [1.82, 2.24) is 0 Å². The second-order valence-corrected chi connectivity index (χ2v) is 24.9. The van der Waals surface area contributed by atoms with E-state index in [0.29, 0.717) is 0 Å². The third kappa shape index (κ3) is 5.50. The molecule has 3 heteroatoms. The summed E-state index contributed by atoms with van der Waals surface area (Å²) in [6, 6.07) is 9.14. The highest BCUT2D eigenvalue weighted by Crippen LogP contribution is 2.38. The van der Waals surface area contributed by atoms with Crippen molar-refractivity contribution in [1.29, 1.82) is 0 Å². The van der Waals surface area contributed by atoms with E-state index in [0.717, 1.165) is 0 Å². The zero-order valence-corrected chi connectivity index (χ0v) is 18.2. The molecule has 0 aliphatic rings. The molecule has 0 atom stereocenters. The maximum Gasteiger partial charge on any atom is 0.0478 e. The molecule has 0 saturated carbocycles. The van der Waals surface area contributed by atoms with Gasteiger partial charge in [-0.3, -0.25) is 0 Å². The van der Waals surface area contributed by atoms with Crippen LogP contribution in [0.2, 0.25) is 60.7 Å². The largest absolute Gasteiger partial charge is 0.0694 e. The summed E-state index contributed by atoms with van der Waals surface area (Å²) >= 11 is 0. The smallest absolute Gasteiger partial charge is 0.0478 e. The quantitative estimate of drug-likeness (QED) is 0.389. The second-order valence-electron chi connectivity index (χ2n) is 7.60. The summed E-state index contributed by atoms with van der Waals surface area (Å²) in [5.41, 5.74) is 3.45. The Balaban J connectivity index is 5.15. The van der Waals surface area contributed by atoms with Gasteiger partial charge in [-0.25, -0.2) is 0 Å². The van der Waals surface area contributed by atoms with Crippen LogP contribution in [0, 0.1) is 0 Å². The Morgan fingerprint density at radius 1 is 0.474 bits per heavy atom. The van der Waals surface area contributed by atoms with Crippen LogP contribution in [0.5, 0.6) is 0 Å². The van der Waals surface area contributed by atoms with Crippen LogP contribution in [0.1, 0.15) is 41.5 Å². The lowest BCUT2D eigenvalue weighted by Crippen LogP contribution is -2.50. The van der Waals surface area contributed by atoms with Gasteiger partial charge in [-0.15, -0.1) is 0 Å². The normalized spacial score (nSPS) is 13.9. The van der Waals surface area contributed by atoms with E-state index in [1.807, 2.05) is 0 Å². The Kier molecular flexibility index (Phi) is 8.46. The van der Waals surface area contributed by atoms with Crippen molar-refractivity contribution in [2.75, 3.05) is 0 Å². The molecule has 0 aliphatic carbocycles. The molecule has 0 aromatic heterocycles. The predicted molar refractivity (Wildman–Crippen MR) is 101 cm³/mol. The molecule has 0 radical (unpaired) electrons. The highest BCUT2D eigenvalue weighted by atomic mass is 28.4. The first-order valence-electron chi connectivity index (χ1n) is 8.78. The molecule has 0 aromatic rings. The Hall–Kier alpha value is 0.651. The average Bonchev–Trinajstić information content (AvgIpc) is 2.46. The fraction of sp³-hybridized carbons (Fsp3) is 1.00. The lowest BCUT2D eigenvalue weighted by atomic mass is 10.9. The minimum Gasteiger partial charge on any atom is -0.0694 e. The summed E-state index contributed by atoms with van der Waals surface area (Å²) in [7, 11) is -2.81. The maximum absolute atomic E-state index is 2.69. The molecular weight excluding hydrogens is 276 g/mol. The average molecular weight is 317 g/mol. The molecular formula is C16H40Si3. The van der Waals surface area contributed by atoms with Gasteiger partial charge < -0.3 is 0 Å². The van der Waals surface area contributed by atoms with E-state index in [4.69, 9.17) is 0 Å². The van der Waals surface area contributed by atoms with Crippen molar-refractivity contribution in [3.63, 3.8) is 0 Å². The summed E-state index contributed by atoms with van der Waals surface area (Å²) in [4.78, 5) is 0. The third-order valence-corrected chi connectivity index (χ3v) is 29.2. The highest BCUT2D eigenvalue weighted by molar-refractivity contribution is 7.03. The number of rotatable bonds is 10. The molecule has 19 heavy (non-hydrogen) atoms. The van der Waals surface area contributed by atoms with Crippen molar-refractivity contribution in [2.45, 2.75) is 102 Å². The van der Waals surface area contributed by atoms with E-state index in [2.05, 4.69) is 54.6 Å². The minimum absolute atomic E-state index is 0.916. The highest BCUT2D eigenvalue weighted by Gasteiger charge is 2.41. The molecule has 0 rings (SSSR count). The molecule has 0 nitrogen and oxygen atoms in total. The fourth-order valence-electron chi connectivity index (χ4n) is 3.62. The second kappa shape index (κ2) is 8.18. The van der Waals surface area contributed by atoms with E-state index in [1.54, 1.807) is 23.4 Å². The molecule has 0 N–H and O–H groups in total. The van der Waals surface area contributed by atoms with Gasteiger partial charge in [0, 0.05) is 24.2 Å². The molecule has 0 fully saturated rings. The van der Waals surface area contributed by atoms with Gasteiger partial charge >= 0.3 is 0 Å². The van der Waals surface area contributed by atoms with Crippen molar-refractivity contribution in [3.05, 3.63) is 0 Å². The zero-order valence-electron chi connectivity index (χ0n) is 15.2. The van der Waals surface area contributed by atoms with Crippen molar-refractivity contribution in [2.24, 2.45) is 0 Å². The summed E-state index contributed by atoms with van der Waals surface area (Å²) in [5.74, 6) is 0. The Morgan fingerprint density at radius 3 is 0.895 bits per heavy atom. The minimum atomic E-state index is -0.975. The Morgan fingerprint density at radius 2 is 0.737 bits per heavy atom. The molecule has 0 amide bonds. The van der Waals surface area contributed by atoms with Crippen LogP contribution >= 0.6 is 0 Å². The van der Waals surface area contributed by atoms with Gasteiger partial charge in [0.05, 0.1) is 0 Å². The molecule has 0 bridgehead atoms. The van der Waals surface area contributed by atoms with Gasteiger partial charge in [-0.05, 0) is 0 Å². The van der Waals surface area contributed by atoms with Crippen LogP contribution in [-0.4, -0.2) is 24.2 Å². The van der Waals surface area contributed by atoms with E-state index in [1.165, 1.54) is 24.2 Å². The Bertz CT molecular complexity index is 216. The van der Waals surface area contributed by atoms with E-state index in [-0.39, 0.29) is 0 Å². The van der Waals surface area contributed by atoms with E-state index < -0.39 is 24.2 Å². The monoisotopic (exact) mass is 316 g/mol. The van der Waals surface area contributed by atoms with Gasteiger partial charge in [-0.2, -0.15) is 0 Å². The molecule has 0 spiro atoms. The zero-order chi connectivity index (χ0) is 15.2. The van der Waals surface area contributed by atoms with Crippen LogP contribution in [-0.2, 0) is 0 Å². The first-order chi connectivity index (χ1) is 8.78. The predicted octanol–water partition coefficient (Wildman–Crippen LogP) is 6.79. The number of hydrogen-bond acceptors (Lipinski definition) is 0. The van der Waals surface area contributed by atoms with Crippen LogP contribution < -0.4 is 0 Å². The van der Waals surface area contributed by atoms with E-state index in [9.17, 15) is 0 Å². The van der Waals surface area contributed by atoms with Gasteiger partial charge in [0.25, 0.3) is 0 Å². The summed E-state index contributed by atoms with van der Waals surface area (Å²) in [6.07, 6.45) is 0. The van der Waals surface area contributed by atoms with Crippen LogP contribution in [0.3, 0.4) is 0 Å². The topological polar surface area (TPSA) is 0 Å². The lowest BCUT2D eigenvalue weighted by molar-refractivity contribution is 1.14.